The third-order valence-electron chi connectivity index (χ3n) is 4.13. The average Bonchev–Trinajstić information content (AvgIpc) is 3.17. The lowest BCUT2D eigenvalue weighted by atomic mass is 10.1. The Labute approximate surface area is 128 Å². The predicted octanol–water partition coefficient (Wildman–Crippen LogP) is 2.85. The molecule has 1 amide bonds. The molecular formula is C15H19ClN4O. The van der Waals surface area contributed by atoms with Gasteiger partial charge in [-0.05, 0) is 38.8 Å². The second kappa shape index (κ2) is 5.56. The number of aromatic nitrogens is 3. The van der Waals surface area contributed by atoms with E-state index in [1.165, 1.54) is 0 Å². The van der Waals surface area contributed by atoms with Gasteiger partial charge in [-0.1, -0.05) is 11.6 Å². The minimum atomic E-state index is 0.0920. The van der Waals surface area contributed by atoms with Crippen molar-refractivity contribution < 1.29 is 4.79 Å². The standard InChI is InChI=1S/C15H19ClN4O/c1-10-15(16)11(2)20(18-10)9-14(21)19-8-4-6-13(19)12-5-3-7-17-12/h3,5,7,13,17H,4,6,8-9H2,1-2H3/t13-/m0/s1. The van der Waals surface area contributed by atoms with Gasteiger partial charge in [-0.2, -0.15) is 5.10 Å². The van der Waals surface area contributed by atoms with Crippen LogP contribution in [0.5, 0.6) is 0 Å². The first-order valence-corrected chi connectivity index (χ1v) is 7.58. The fourth-order valence-corrected chi connectivity index (χ4v) is 3.12. The maximum absolute atomic E-state index is 12.6. The van der Waals surface area contributed by atoms with Crippen molar-refractivity contribution in [1.82, 2.24) is 19.7 Å². The summed E-state index contributed by atoms with van der Waals surface area (Å²) in [6.07, 6.45) is 3.94. The number of hydrogen-bond donors (Lipinski definition) is 1. The molecule has 3 heterocycles. The normalized spacial score (nSPS) is 18.4. The van der Waals surface area contributed by atoms with Crippen molar-refractivity contribution in [3.05, 3.63) is 40.4 Å². The van der Waals surface area contributed by atoms with Crippen LogP contribution in [0.3, 0.4) is 0 Å². The number of amides is 1. The smallest absolute Gasteiger partial charge is 0.244 e. The number of aryl methyl sites for hydroxylation is 1. The molecule has 1 aliphatic rings. The first-order chi connectivity index (χ1) is 10.1. The van der Waals surface area contributed by atoms with E-state index >= 15 is 0 Å². The number of nitrogens with zero attached hydrogens (tertiary/aromatic N) is 3. The summed E-state index contributed by atoms with van der Waals surface area (Å²) in [5, 5.41) is 4.98. The molecule has 1 fully saturated rings. The topological polar surface area (TPSA) is 53.9 Å². The van der Waals surface area contributed by atoms with Crippen molar-refractivity contribution in [2.24, 2.45) is 0 Å². The molecule has 0 aliphatic carbocycles. The Hall–Kier alpha value is -1.75. The van der Waals surface area contributed by atoms with Gasteiger partial charge in [0.15, 0.2) is 0 Å². The Morgan fingerprint density at radius 2 is 2.33 bits per heavy atom. The van der Waals surface area contributed by atoms with Crippen LogP contribution in [-0.4, -0.2) is 32.1 Å². The van der Waals surface area contributed by atoms with E-state index in [1.54, 1.807) is 4.68 Å². The third-order valence-corrected chi connectivity index (χ3v) is 4.68. The molecule has 0 unspecified atom stereocenters. The van der Waals surface area contributed by atoms with Gasteiger partial charge in [-0.25, -0.2) is 0 Å². The molecule has 3 rings (SSSR count). The van der Waals surface area contributed by atoms with Crippen LogP contribution in [0, 0.1) is 13.8 Å². The van der Waals surface area contributed by atoms with Crippen LogP contribution in [0.25, 0.3) is 0 Å². The van der Waals surface area contributed by atoms with Gasteiger partial charge >= 0.3 is 0 Å². The third kappa shape index (κ3) is 2.58. The van der Waals surface area contributed by atoms with E-state index in [-0.39, 0.29) is 18.5 Å². The summed E-state index contributed by atoms with van der Waals surface area (Å²) in [6, 6.07) is 4.16. The highest BCUT2D eigenvalue weighted by molar-refractivity contribution is 6.31. The zero-order valence-corrected chi connectivity index (χ0v) is 13.0. The molecular weight excluding hydrogens is 288 g/mol. The summed E-state index contributed by atoms with van der Waals surface area (Å²) in [5.41, 5.74) is 2.72. The number of rotatable bonds is 3. The molecule has 5 nitrogen and oxygen atoms in total. The van der Waals surface area contributed by atoms with Gasteiger partial charge in [-0.3, -0.25) is 9.48 Å². The summed E-state index contributed by atoms with van der Waals surface area (Å²) in [7, 11) is 0. The van der Waals surface area contributed by atoms with E-state index in [4.69, 9.17) is 11.6 Å². The van der Waals surface area contributed by atoms with Crippen molar-refractivity contribution in [1.29, 1.82) is 0 Å². The zero-order valence-electron chi connectivity index (χ0n) is 12.3. The van der Waals surface area contributed by atoms with Crippen LogP contribution in [0.2, 0.25) is 5.02 Å². The summed E-state index contributed by atoms with van der Waals surface area (Å²) < 4.78 is 1.70. The lowest BCUT2D eigenvalue weighted by Crippen LogP contribution is -2.34. The minimum absolute atomic E-state index is 0.0920. The van der Waals surface area contributed by atoms with Crippen molar-refractivity contribution in [2.45, 2.75) is 39.3 Å². The molecule has 2 aromatic heterocycles. The van der Waals surface area contributed by atoms with Gasteiger partial charge in [-0.15, -0.1) is 0 Å². The van der Waals surface area contributed by atoms with Crippen molar-refractivity contribution in [3.8, 4) is 0 Å². The summed E-state index contributed by atoms with van der Waals surface area (Å²) in [6.45, 7) is 4.79. The Bertz CT molecular complexity index is 647. The fourth-order valence-electron chi connectivity index (χ4n) is 2.99. The summed E-state index contributed by atoms with van der Waals surface area (Å²) >= 11 is 6.14. The molecule has 112 valence electrons. The molecule has 1 atom stereocenters. The first-order valence-electron chi connectivity index (χ1n) is 7.20. The predicted molar refractivity (Wildman–Crippen MR) is 81.2 cm³/mol. The zero-order chi connectivity index (χ0) is 15.0. The fraction of sp³-hybridized carbons (Fsp3) is 0.467. The Morgan fingerprint density at radius 3 is 2.95 bits per heavy atom. The molecule has 1 aliphatic heterocycles. The lowest BCUT2D eigenvalue weighted by Gasteiger charge is -2.24. The maximum Gasteiger partial charge on any atom is 0.244 e. The largest absolute Gasteiger partial charge is 0.363 e. The number of nitrogens with one attached hydrogen (secondary N) is 1. The quantitative estimate of drug-likeness (QED) is 0.948. The van der Waals surface area contributed by atoms with Crippen LogP contribution in [0.15, 0.2) is 18.3 Å². The Morgan fingerprint density at radius 1 is 1.52 bits per heavy atom. The Balaban J connectivity index is 1.77. The molecule has 1 saturated heterocycles. The number of halogens is 1. The molecule has 21 heavy (non-hydrogen) atoms. The van der Waals surface area contributed by atoms with Crippen LogP contribution < -0.4 is 0 Å². The van der Waals surface area contributed by atoms with Crippen molar-refractivity contribution >= 4 is 17.5 Å². The number of hydrogen-bond acceptors (Lipinski definition) is 2. The maximum atomic E-state index is 12.6. The van der Waals surface area contributed by atoms with Crippen LogP contribution >= 0.6 is 11.6 Å². The minimum Gasteiger partial charge on any atom is -0.363 e. The van der Waals surface area contributed by atoms with Crippen molar-refractivity contribution in [3.63, 3.8) is 0 Å². The second-order valence-electron chi connectivity index (χ2n) is 5.51. The summed E-state index contributed by atoms with van der Waals surface area (Å²) in [5.74, 6) is 0.0920. The highest BCUT2D eigenvalue weighted by Gasteiger charge is 2.30. The molecule has 0 spiro atoms. The van der Waals surface area contributed by atoms with Gasteiger partial charge < -0.3 is 9.88 Å². The van der Waals surface area contributed by atoms with Gasteiger partial charge in [0.2, 0.25) is 5.91 Å². The summed E-state index contributed by atoms with van der Waals surface area (Å²) in [4.78, 5) is 17.8. The number of aromatic amines is 1. The number of carbonyl (C=O) groups excluding carboxylic acids is 1. The number of likely N-dealkylation sites (tertiary alicyclic amines) is 1. The molecule has 0 aromatic carbocycles. The van der Waals surface area contributed by atoms with Gasteiger partial charge in [0.25, 0.3) is 0 Å². The molecule has 0 bridgehead atoms. The number of H-pyrrole nitrogens is 1. The molecule has 2 aromatic rings. The highest BCUT2D eigenvalue weighted by atomic mass is 35.5. The van der Waals surface area contributed by atoms with Gasteiger partial charge in [0.1, 0.15) is 6.54 Å². The Kier molecular flexibility index (Phi) is 3.76. The SMILES string of the molecule is Cc1nn(CC(=O)N2CCC[C@H]2c2ccc[nH]2)c(C)c1Cl. The highest BCUT2D eigenvalue weighted by Crippen LogP contribution is 2.31. The lowest BCUT2D eigenvalue weighted by molar-refractivity contribution is -0.133. The molecule has 0 saturated carbocycles. The average molecular weight is 307 g/mol. The van der Waals surface area contributed by atoms with E-state index in [9.17, 15) is 4.79 Å². The van der Waals surface area contributed by atoms with Crippen molar-refractivity contribution in [2.75, 3.05) is 6.54 Å². The number of carbonyl (C=O) groups is 1. The van der Waals surface area contributed by atoms with Crippen LogP contribution in [0.4, 0.5) is 0 Å². The molecule has 0 radical (unpaired) electrons. The van der Waals surface area contributed by atoms with Crippen LogP contribution in [-0.2, 0) is 11.3 Å². The second-order valence-corrected chi connectivity index (χ2v) is 5.89. The monoisotopic (exact) mass is 306 g/mol. The van der Waals surface area contributed by atoms with E-state index in [2.05, 4.69) is 10.1 Å². The van der Waals surface area contributed by atoms with Crippen LogP contribution in [0.1, 0.15) is 36.0 Å². The van der Waals surface area contributed by atoms with Gasteiger partial charge in [0.05, 0.1) is 22.5 Å². The van der Waals surface area contributed by atoms with E-state index in [0.29, 0.717) is 5.02 Å². The van der Waals surface area contributed by atoms with E-state index in [1.807, 2.05) is 37.1 Å². The molecule has 1 N–H and O–H groups in total. The molecule has 6 heteroatoms. The van der Waals surface area contributed by atoms with E-state index in [0.717, 1.165) is 36.5 Å². The van der Waals surface area contributed by atoms with Gasteiger partial charge in [0, 0.05) is 18.4 Å². The first kappa shape index (κ1) is 14.2. The van der Waals surface area contributed by atoms with E-state index < -0.39 is 0 Å².